The molecule has 0 aliphatic rings. The van der Waals surface area contributed by atoms with Gasteiger partial charge in [-0.05, 0) is 61.4 Å². The van der Waals surface area contributed by atoms with Crippen LogP contribution in [0.1, 0.15) is 194 Å². The first-order chi connectivity index (χ1) is 25.8. The Labute approximate surface area is 336 Å². The molecule has 2 rings (SSSR count). The van der Waals surface area contributed by atoms with E-state index in [1.165, 1.54) is 187 Å². The van der Waals surface area contributed by atoms with Crippen LogP contribution < -0.4 is 30.7 Å². The second kappa shape index (κ2) is 29.9. The second-order valence-corrected chi connectivity index (χ2v) is 19.8. The molecule has 54 heavy (non-hydrogen) atoms. The average molecular weight is 907 g/mol. The average Bonchev–Trinajstić information content (AvgIpc) is 3.11. The summed E-state index contributed by atoms with van der Waals surface area (Å²) in [7, 11) is -10.7. The van der Waals surface area contributed by atoms with Gasteiger partial charge in [0, 0.05) is 0 Å². The fourth-order valence-electron chi connectivity index (χ4n) is 6.29. The zero-order valence-electron chi connectivity index (χ0n) is 33.7. The van der Waals surface area contributed by atoms with Gasteiger partial charge in [0.05, 0.1) is 13.2 Å². The van der Waals surface area contributed by atoms with Crippen molar-refractivity contribution in [3.05, 3.63) is 55.7 Å². The van der Waals surface area contributed by atoms with Crippen LogP contribution in [-0.4, -0.2) is 13.2 Å². The van der Waals surface area contributed by atoms with E-state index >= 15 is 0 Å². The van der Waals surface area contributed by atoms with Crippen molar-refractivity contribution in [3.8, 4) is 11.5 Å². The predicted octanol–water partition coefficient (Wildman–Crippen LogP) is 14.9. The Kier molecular flexibility index (Phi) is 28.2. The molecule has 0 heterocycles. The van der Waals surface area contributed by atoms with Gasteiger partial charge < -0.3 is 9.47 Å². The number of halogens is 7. The molecule has 0 aliphatic carbocycles. The van der Waals surface area contributed by atoms with Crippen LogP contribution in [0.5, 0.6) is 11.5 Å². The molecule has 316 valence electrons. The third-order valence-corrected chi connectivity index (χ3v) is 12.1. The first-order valence-electron chi connectivity index (χ1n) is 21.4. The van der Waals surface area contributed by atoms with Crippen molar-refractivity contribution >= 4 is 7.81 Å². The van der Waals surface area contributed by atoms with Crippen molar-refractivity contribution in [2.45, 2.75) is 194 Å². The number of unbranched alkanes of at least 4 members (excludes halogenated alkanes) is 26. The molecule has 0 unspecified atom stereocenters. The molecule has 0 fully saturated rings. The summed E-state index contributed by atoms with van der Waals surface area (Å²) in [6.07, 6.45) is 39.0. The molecule has 2 nitrogen and oxygen atoms in total. The van der Waals surface area contributed by atoms with Gasteiger partial charge in [-0.2, -0.15) is 0 Å². The van der Waals surface area contributed by atoms with Gasteiger partial charge in [0.15, 0.2) is 7.14 Å². The molecule has 0 N–H and O–H groups in total. The van der Waals surface area contributed by atoms with Crippen molar-refractivity contribution in [1.82, 2.24) is 0 Å². The molecule has 10 heteroatoms. The van der Waals surface area contributed by atoms with Gasteiger partial charge in [0.25, 0.3) is 0 Å². The molecule has 0 saturated carbocycles. The van der Waals surface area contributed by atoms with Gasteiger partial charge in [0.2, 0.25) is 0 Å². The van der Waals surface area contributed by atoms with Gasteiger partial charge in [-0.1, -0.05) is 181 Å². The molecule has 0 amide bonds. The molecule has 0 atom stereocenters. The molecule has 2 aromatic carbocycles. The van der Waals surface area contributed by atoms with Crippen molar-refractivity contribution in [2.24, 2.45) is 0 Å². The van der Waals surface area contributed by atoms with E-state index < -0.39 is 7.81 Å². The van der Waals surface area contributed by atoms with E-state index in [9.17, 15) is 25.2 Å². The summed E-state index contributed by atoms with van der Waals surface area (Å²) in [5.74, 6) is 2.03. The van der Waals surface area contributed by atoms with Crippen LogP contribution in [0.4, 0.5) is 25.2 Å². The van der Waals surface area contributed by atoms with Crippen LogP contribution in [0.15, 0.2) is 48.5 Å². The summed E-state index contributed by atoms with van der Waals surface area (Å²) in [6, 6.07) is 17.7. The normalized spacial score (nSPS) is 12.8. The standard InChI is InChI=1S/C44H74IO2.F6P/c1-3-5-7-9-11-13-15-17-19-21-23-25-27-29-39-46-43-35-31-41(32-36-43)45-42-33-37-44(38-34-42)47-40-30-28-26-24-22-20-18-16-14-12-10-8-6-4-2;1-7(2,3,4,5)6/h31-38H,3-30,39-40H2,1-2H3;/q+1;-1. The van der Waals surface area contributed by atoms with Gasteiger partial charge in [0.1, 0.15) is 11.5 Å². The van der Waals surface area contributed by atoms with E-state index in [1.54, 1.807) is 0 Å². The Balaban J connectivity index is 0.00000189. The Morgan fingerprint density at radius 2 is 0.556 bits per heavy atom. The Bertz CT molecular complexity index is 1040. The quantitative estimate of drug-likeness (QED) is 0.0301. The molecule has 0 aliphatic heterocycles. The number of hydrogen-bond acceptors (Lipinski definition) is 2. The summed E-state index contributed by atoms with van der Waals surface area (Å²) in [6.45, 7) is 6.27. The fraction of sp³-hybridized carbons (Fsp3) is 0.727. The molecule has 0 radical (unpaired) electrons. The Morgan fingerprint density at radius 3 is 0.778 bits per heavy atom. The fourth-order valence-corrected chi connectivity index (χ4v) is 8.44. The van der Waals surface area contributed by atoms with Crippen LogP contribution in [0, 0.1) is 7.14 Å². The first kappa shape index (κ1) is 50.8. The predicted molar refractivity (Wildman–Crippen MR) is 215 cm³/mol. The van der Waals surface area contributed by atoms with Gasteiger partial charge in [-0.15, -0.1) is 0 Å². The third kappa shape index (κ3) is 39.0. The third-order valence-electron chi connectivity index (χ3n) is 9.38. The summed E-state index contributed by atoms with van der Waals surface area (Å²) < 4.78 is 74.1. The minimum absolute atomic E-state index is 0.178. The van der Waals surface area contributed by atoms with E-state index in [4.69, 9.17) is 9.47 Å². The van der Waals surface area contributed by atoms with Gasteiger partial charge in [-0.25, -0.2) is 0 Å². The Hall–Kier alpha value is -1.22. The molecule has 0 bridgehead atoms. The summed E-state index contributed by atoms with van der Waals surface area (Å²) in [4.78, 5) is 0. The van der Waals surface area contributed by atoms with Crippen molar-refractivity contribution in [1.29, 1.82) is 0 Å². The van der Waals surface area contributed by atoms with Gasteiger partial charge >= 0.3 is 54.2 Å². The minimum atomic E-state index is -10.7. The van der Waals surface area contributed by atoms with Crippen LogP contribution in [0.2, 0.25) is 0 Å². The molecular weight excluding hydrogens is 832 g/mol. The van der Waals surface area contributed by atoms with Crippen LogP contribution in [0.3, 0.4) is 0 Å². The van der Waals surface area contributed by atoms with E-state index in [0.29, 0.717) is 0 Å². The molecule has 2 aromatic rings. The van der Waals surface area contributed by atoms with Crippen molar-refractivity contribution in [2.75, 3.05) is 13.2 Å². The second-order valence-electron chi connectivity index (χ2n) is 14.8. The maximum atomic E-state index is 9.87. The number of rotatable bonds is 34. The first-order valence-corrected chi connectivity index (χ1v) is 25.6. The van der Waals surface area contributed by atoms with Crippen LogP contribution in [-0.2, 0) is 0 Å². The van der Waals surface area contributed by atoms with E-state index in [-0.39, 0.29) is 21.2 Å². The zero-order chi connectivity index (χ0) is 39.7. The topological polar surface area (TPSA) is 18.5 Å². The van der Waals surface area contributed by atoms with E-state index in [0.717, 1.165) is 24.7 Å². The molecule has 0 spiro atoms. The number of hydrogen-bond donors (Lipinski definition) is 0. The number of ether oxygens (including phenoxy) is 2. The van der Waals surface area contributed by atoms with E-state index in [1.807, 2.05) is 0 Å². The van der Waals surface area contributed by atoms with E-state index in [2.05, 4.69) is 62.4 Å². The van der Waals surface area contributed by atoms with Crippen LogP contribution in [0.25, 0.3) is 0 Å². The van der Waals surface area contributed by atoms with Crippen molar-refractivity contribution in [3.63, 3.8) is 0 Å². The summed E-state index contributed by atoms with van der Waals surface area (Å²) in [5.41, 5.74) is 0. The number of benzene rings is 2. The Morgan fingerprint density at radius 1 is 0.352 bits per heavy atom. The summed E-state index contributed by atoms with van der Waals surface area (Å²) >= 11 is -0.178. The molecule has 0 aromatic heterocycles. The summed E-state index contributed by atoms with van der Waals surface area (Å²) in [5, 5.41) is 0. The monoisotopic (exact) mass is 906 g/mol. The maximum absolute atomic E-state index is 10.7. The van der Waals surface area contributed by atoms with Crippen LogP contribution >= 0.6 is 7.81 Å². The SMILES string of the molecule is CCCCCCCCCCCCCCCCOc1ccc([I+]c2ccc(OCCCCCCCCCCCCCCCC)cc2)cc1.F[P-](F)(F)(F)(F)F. The van der Waals surface area contributed by atoms with Gasteiger partial charge in [-0.3, -0.25) is 0 Å². The molecular formula is C44H74F6IO2P. The van der Waals surface area contributed by atoms with Crippen molar-refractivity contribution < 1.29 is 55.9 Å². The molecule has 0 saturated heterocycles. The zero-order valence-corrected chi connectivity index (χ0v) is 36.8.